The molecule has 5 nitrogen and oxygen atoms in total. The number of hydrogen-bond donors (Lipinski definition) is 0. The Morgan fingerprint density at radius 2 is 1.70 bits per heavy atom. The lowest BCUT2D eigenvalue weighted by Crippen LogP contribution is -2.02. The number of ether oxygens (including phenoxy) is 1. The van der Waals surface area contributed by atoms with Gasteiger partial charge in [-0.05, 0) is 19.4 Å². The van der Waals surface area contributed by atoms with Crippen LogP contribution in [0.15, 0.2) is 36.4 Å². The van der Waals surface area contributed by atoms with E-state index in [1.807, 2.05) is 6.07 Å². The third kappa shape index (κ3) is 4.30. The number of rotatable bonds is 7. The molecule has 0 atom stereocenters. The molecule has 0 aromatic heterocycles. The van der Waals surface area contributed by atoms with E-state index >= 15 is 0 Å². The minimum atomic E-state index is -3.56. The summed E-state index contributed by atoms with van der Waals surface area (Å²) < 4.78 is 28.0. The lowest BCUT2D eigenvalue weighted by molar-refractivity contribution is -0.134. The molecule has 0 amide bonds. The van der Waals surface area contributed by atoms with Gasteiger partial charge in [-0.25, -0.2) is 4.79 Å². The van der Waals surface area contributed by atoms with Crippen LogP contribution >= 0.6 is 7.60 Å². The molecule has 0 aliphatic heterocycles. The van der Waals surface area contributed by atoms with Crippen LogP contribution in [0.1, 0.15) is 19.4 Å². The Kier molecular flexibility index (Phi) is 6.65. The quantitative estimate of drug-likeness (QED) is 0.438. The highest BCUT2D eigenvalue weighted by molar-refractivity contribution is 7.65. The molecule has 0 heterocycles. The molecular weight excluding hydrogens is 279 g/mol. The van der Waals surface area contributed by atoms with Crippen LogP contribution in [0.3, 0.4) is 0 Å². The maximum Gasteiger partial charge on any atom is 0.362 e. The molecule has 1 aromatic carbocycles. The van der Waals surface area contributed by atoms with Crippen molar-refractivity contribution >= 4 is 18.9 Å². The molecule has 1 rings (SSSR count). The van der Waals surface area contributed by atoms with Crippen LogP contribution in [0.2, 0.25) is 0 Å². The number of carbonyl (C=O) groups excluding carboxylic acids is 1. The first-order valence-corrected chi connectivity index (χ1v) is 7.86. The molecule has 0 bridgehead atoms. The summed E-state index contributed by atoms with van der Waals surface area (Å²) in [4.78, 5) is 11.5. The Morgan fingerprint density at radius 1 is 1.15 bits per heavy atom. The average molecular weight is 298 g/mol. The fourth-order valence-corrected chi connectivity index (χ4v) is 3.38. The van der Waals surface area contributed by atoms with E-state index in [9.17, 15) is 9.36 Å². The van der Waals surface area contributed by atoms with Crippen molar-refractivity contribution in [1.82, 2.24) is 0 Å². The van der Waals surface area contributed by atoms with Gasteiger partial charge in [0.2, 0.25) is 0 Å². The van der Waals surface area contributed by atoms with E-state index in [4.69, 9.17) is 9.05 Å². The first kappa shape index (κ1) is 16.6. The predicted octanol–water partition coefficient (Wildman–Crippen LogP) is 3.47. The van der Waals surface area contributed by atoms with E-state index in [-0.39, 0.29) is 18.5 Å². The summed E-state index contributed by atoms with van der Waals surface area (Å²) in [5, 5.41) is 0.202. The maximum atomic E-state index is 12.8. The molecule has 0 N–H and O–H groups in total. The SMILES string of the molecule is CCOP(=O)(OCC)C(=CC(=O)OC)c1ccccc1. The fraction of sp³-hybridized carbons (Fsp3) is 0.357. The van der Waals surface area contributed by atoms with E-state index in [1.165, 1.54) is 7.11 Å². The van der Waals surface area contributed by atoms with Crippen molar-refractivity contribution in [2.24, 2.45) is 0 Å². The molecule has 20 heavy (non-hydrogen) atoms. The van der Waals surface area contributed by atoms with Gasteiger partial charge in [-0.2, -0.15) is 0 Å². The van der Waals surface area contributed by atoms with Crippen LogP contribution in [0, 0.1) is 0 Å². The molecule has 0 fully saturated rings. The lowest BCUT2D eigenvalue weighted by Gasteiger charge is -2.20. The highest BCUT2D eigenvalue weighted by Gasteiger charge is 2.31. The zero-order valence-corrected chi connectivity index (χ0v) is 12.8. The lowest BCUT2D eigenvalue weighted by atomic mass is 10.2. The fourth-order valence-electron chi connectivity index (χ4n) is 1.62. The van der Waals surface area contributed by atoms with Crippen LogP contribution < -0.4 is 0 Å². The number of carbonyl (C=O) groups is 1. The smallest absolute Gasteiger partial charge is 0.362 e. The van der Waals surface area contributed by atoms with Crippen molar-refractivity contribution in [3.63, 3.8) is 0 Å². The second-order valence-electron chi connectivity index (χ2n) is 3.75. The number of esters is 1. The van der Waals surface area contributed by atoms with Gasteiger partial charge in [0.25, 0.3) is 0 Å². The van der Waals surface area contributed by atoms with Gasteiger partial charge in [0.05, 0.1) is 25.6 Å². The number of hydrogen-bond acceptors (Lipinski definition) is 5. The zero-order valence-electron chi connectivity index (χ0n) is 11.9. The van der Waals surface area contributed by atoms with Crippen molar-refractivity contribution in [1.29, 1.82) is 0 Å². The van der Waals surface area contributed by atoms with Crippen LogP contribution in [0.4, 0.5) is 0 Å². The molecule has 0 aliphatic rings. The summed E-state index contributed by atoms with van der Waals surface area (Å²) in [6.45, 7) is 3.85. The zero-order chi connectivity index (χ0) is 15.0. The number of methoxy groups -OCH3 is 1. The Hall–Kier alpha value is -1.42. The summed E-state index contributed by atoms with van der Waals surface area (Å²) in [5.74, 6) is -0.608. The van der Waals surface area contributed by atoms with Crippen molar-refractivity contribution < 1.29 is 23.1 Å². The van der Waals surface area contributed by atoms with Gasteiger partial charge in [0.1, 0.15) is 0 Å². The minimum Gasteiger partial charge on any atom is -0.466 e. The Morgan fingerprint density at radius 3 is 2.15 bits per heavy atom. The number of benzene rings is 1. The molecule has 110 valence electrons. The van der Waals surface area contributed by atoms with Crippen molar-refractivity contribution in [3.8, 4) is 0 Å². The molecule has 0 radical (unpaired) electrons. The Labute approximate surface area is 119 Å². The van der Waals surface area contributed by atoms with E-state index in [2.05, 4.69) is 4.74 Å². The predicted molar refractivity (Wildman–Crippen MR) is 77.3 cm³/mol. The van der Waals surface area contributed by atoms with Crippen LogP contribution in [0.5, 0.6) is 0 Å². The molecule has 6 heteroatoms. The summed E-state index contributed by atoms with van der Waals surface area (Å²) in [6, 6.07) is 8.86. The monoisotopic (exact) mass is 298 g/mol. The summed E-state index contributed by atoms with van der Waals surface area (Å²) >= 11 is 0. The van der Waals surface area contributed by atoms with Crippen molar-refractivity contribution in [2.75, 3.05) is 20.3 Å². The van der Waals surface area contributed by atoms with Gasteiger partial charge in [-0.15, -0.1) is 0 Å². The van der Waals surface area contributed by atoms with Gasteiger partial charge in [0, 0.05) is 6.08 Å². The Bertz CT molecular complexity index is 500. The highest BCUT2D eigenvalue weighted by Crippen LogP contribution is 2.60. The summed E-state index contributed by atoms with van der Waals surface area (Å²) in [6.07, 6.45) is 1.15. The highest BCUT2D eigenvalue weighted by atomic mass is 31.2. The standard InChI is InChI=1S/C14H19O5P/c1-4-18-20(16,19-5-2)13(11-14(15)17-3)12-9-7-6-8-10-12/h6-11H,4-5H2,1-3H3. The van der Waals surface area contributed by atoms with Gasteiger partial charge in [-0.1, -0.05) is 30.3 Å². The largest absolute Gasteiger partial charge is 0.466 e. The first-order chi connectivity index (χ1) is 9.57. The minimum absolute atomic E-state index is 0.202. The van der Waals surface area contributed by atoms with Gasteiger partial charge in [0.15, 0.2) is 0 Å². The first-order valence-electron chi connectivity index (χ1n) is 6.32. The van der Waals surface area contributed by atoms with Crippen molar-refractivity contribution in [3.05, 3.63) is 42.0 Å². The van der Waals surface area contributed by atoms with Crippen LogP contribution in [-0.4, -0.2) is 26.3 Å². The molecule has 1 aromatic rings. The second kappa shape index (κ2) is 8.00. The summed E-state index contributed by atoms with van der Waals surface area (Å²) in [5.41, 5.74) is 0.600. The van der Waals surface area contributed by atoms with Crippen LogP contribution in [0.25, 0.3) is 5.31 Å². The molecule has 0 saturated carbocycles. The topological polar surface area (TPSA) is 61.8 Å². The maximum absolute atomic E-state index is 12.8. The van der Waals surface area contributed by atoms with Gasteiger partial charge >= 0.3 is 13.6 Å². The third-order valence-corrected chi connectivity index (χ3v) is 4.59. The second-order valence-corrected chi connectivity index (χ2v) is 5.74. The van der Waals surface area contributed by atoms with E-state index in [0.29, 0.717) is 5.56 Å². The van der Waals surface area contributed by atoms with Gasteiger partial charge < -0.3 is 13.8 Å². The molecule has 0 unspecified atom stereocenters. The van der Waals surface area contributed by atoms with Gasteiger partial charge in [-0.3, -0.25) is 4.57 Å². The average Bonchev–Trinajstić information content (AvgIpc) is 2.45. The Balaban J connectivity index is 3.33. The van der Waals surface area contributed by atoms with Crippen LogP contribution in [-0.2, 0) is 23.1 Å². The summed E-state index contributed by atoms with van der Waals surface area (Å²) in [7, 11) is -2.30. The third-order valence-electron chi connectivity index (χ3n) is 2.42. The molecule has 0 spiro atoms. The molecular formula is C14H19O5P. The molecule has 0 saturated heterocycles. The van der Waals surface area contributed by atoms with E-state index in [0.717, 1.165) is 6.08 Å². The van der Waals surface area contributed by atoms with E-state index < -0.39 is 13.6 Å². The normalized spacial score (nSPS) is 12.2. The molecule has 0 aliphatic carbocycles. The van der Waals surface area contributed by atoms with Crippen molar-refractivity contribution in [2.45, 2.75) is 13.8 Å². The van der Waals surface area contributed by atoms with E-state index in [1.54, 1.807) is 38.1 Å².